The van der Waals surface area contributed by atoms with Crippen molar-refractivity contribution in [1.82, 2.24) is 5.32 Å². The molecule has 0 amide bonds. The van der Waals surface area contributed by atoms with E-state index in [1.54, 1.807) is 0 Å². The third-order valence-corrected chi connectivity index (χ3v) is 4.52. The van der Waals surface area contributed by atoms with Crippen LogP contribution in [0.3, 0.4) is 0 Å². The van der Waals surface area contributed by atoms with Crippen LogP contribution in [0.2, 0.25) is 0 Å². The minimum atomic E-state index is 0.529. The predicted octanol–water partition coefficient (Wildman–Crippen LogP) is 2.81. The molecule has 2 nitrogen and oxygen atoms in total. The molecule has 1 aliphatic heterocycles. The average molecular weight is 245 g/mol. The summed E-state index contributed by atoms with van der Waals surface area (Å²) in [6, 6.07) is 4.04. The van der Waals surface area contributed by atoms with Crippen LogP contribution in [0.5, 0.6) is 5.75 Å². The second-order valence-corrected chi connectivity index (χ2v) is 5.82. The highest BCUT2D eigenvalue weighted by atomic mass is 16.3. The number of hydrogen-bond donors (Lipinski definition) is 2. The van der Waals surface area contributed by atoms with Gasteiger partial charge in [0.15, 0.2) is 0 Å². The molecule has 1 aromatic rings. The van der Waals surface area contributed by atoms with Crippen molar-refractivity contribution in [2.75, 3.05) is 13.1 Å². The Morgan fingerprint density at radius 1 is 1.17 bits per heavy atom. The minimum Gasteiger partial charge on any atom is -0.508 e. The Morgan fingerprint density at radius 3 is 2.89 bits per heavy atom. The lowest BCUT2D eigenvalue weighted by atomic mass is 9.83. The fourth-order valence-corrected chi connectivity index (χ4v) is 3.51. The summed E-state index contributed by atoms with van der Waals surface area (Å²) >= 11 is 0. The number of hydrogen-bond acceptors (Lipinski definition) is 2. The zero-order chi connectivity index (χ0) is 12.4. The SMILES string of the molecule is Oc1ccc2c(c1CC1CCCNC1)CCCC2. The Bertz CT molecular complexity index is 421. The van der Waals surface area contributed by atoms with Crippen molar-refractivity contribution in [1.29, 1.82) is 0 Å². The lowest BCUT2D eigenvalue weighted by Crippen LogP contribution is -2.31. The molecule has 0 bridgehead atoms. The molecule has 1 atom stereocenters. The van der Waals surface area contributed by atoms with Crippen molar-refractivity contribution in [3.8, 4) is 5.75 Å². The van der Waals surface area contributed by atoms with Gasteiger partial charge in [0.1, 0.15) is 5.75 Å². The van der Waals surface area contributed by atoms with Crippen LogP contribution in [-0.2, 0) is 19.3 Å². The fraction of sp³-hybridized carbons (Fsp3) is 0.625. The minimum absolute atomic E-state index is 0.529. The molecule has 2 N–H and O–H groups in total. The fourth-order valence-electron chi connectivity index (χ4n) is 3.51. The van der Waals surface area contributed by atoms with Crippen LogP contribution in [0.1, 0.15) is 42.4 Å². The number of phenolic OH excluding ortho intramolecular Hbond substituents is 1. The van der Waals surface area contributed by atoms with Gasteiger partial charge in [-0.25, -0.2) is 0 Å². The molecule has 18 heavy (non-hydrogen) atoms. The van der Waals surface area contributed by atoms with Gasteiger partial charge < -0.3 is 10.4 Å². The summed E-state index contributed by atoms with van der Waals surface area (Å²) in [6.45, 7) is 2.28. The molecule has 3 rings (SSSR count). The second kappa shape index (κ2) is 5.31. The van der Waals surface area contributed by atoms with Crippen molar-refractivity contribution in [3.63, 3.8) is 0 Å². The van der Waals surface area contributed by atoms with Crippen LogP contribution in [0.4, 0.5) is 0 Å². The molecule has 1 aromatic carbocycles. The molecule has 2 aliphatic rings. The molecule has 0 saturated carbocycles. The lowest BCUT2D eigenvalue weighted by Gasteiger charge is -2.26. The summed E-state index contributed by atoms with van der Waals surface area (Å²) < 4.78 is 0. The van der Waals surface area contributed by atoms with Crippen LogP contribution >= 0.6 is 0 Å². The van der Waals surface area contributed by atoms with Crippen LogP contribution < -0.4 is 5.32 Å². The van der Waals surface area contributed by atoms with Gasteiger partial charge in [-0.2, -0.15) is 0 Å². The van der Waals surface area contributed by atoms with Gasteiger partial charge in [-0.15, -0.1) is 0 Å². The Labute approximate surface area is 109 Å². The molecule has 0 radical (unpaired) electrons. The Kier molecular flexibility index (Phi) is 3.55. The molecule has 2 heteroatoms. The second-order valence-electron chi connectivity index (χ2n) is 5.82. The molecular weight excluding hydrogens is 222 g/mol. The molecule has 98 valence electrons. The molecule has 1 fully saturated rings. The van der Waals surface area contributed by atoms with Gasteiger partial charge in [-0.3, -0.25) is 0 Å². The van der Waals surface area contributed by atoms with Gasteiger partial charge >= 0.3 is 0 Å². The number of nitrogens with one attached hydrogen (secondary N) is 1. The molecule has 1 heterocycles. The number of aromatic hydroxyl groups is 1. The predicted molar refractivity (Wildman–Crippen MR) is 74.0 cm³/mol. The van der Waals surface area contributed by atoms with E-state index in [1.807, 2.05) is 6.07 Å². The highest BCUT2D eigenvalue weighted by Gasteiger charge is 2.20. The van der Waals surface area contributed by atoms with Crippen LogP contribution in [0.25, 0.3) is 0 Å². The number of benzene rings is 1. The monoisotopic (exact) mass is 245 g/mol. The van der Waals surface area contributed by atoms with E-state index in [0.717, 1.165) is 19.5 Å². The topological polar surface area (TPSA) is 32.3 Å². The summed E-state index contributed by atoms with van der Waals surface area (Å²) in [5.41, 5.74) is 4.20. The Balaban J connectivity index is 1.85. The first-order chi connectivity index (χ1) is 8.84. The van der Waals surface area contributed by atoms with Gasteiger partial charge in [0.25, 0.3) is 0 Å². The standard InChI is InChI=1S/C16H23NO/c18-16-8-7-13-5-1-2-6-14(13)15(16)10-12-4-3-9-17-11-12/h7-8,12,17-18H,1-6,9-11H2. The van der Waals surface area contributed by atoms with Crippen LogP contribution in [0, 0.1) is 5.92 Å². The van der Waals surface area contributed by atoms with Crippen LogP contribution in [0.15, 0.2) is 12.1 Å². The molecular formula is C16H23NO. The molecule has 1 unspecified atom stereocenters. The first kappa shape index (κ1) is 12.0. The third-order valence-electron chi connectivity index (χ3n) is 4.52. The maximum absolute atomic E-state index is 10.2. The number of phenols is 1. The number of rotatable bonds is 2. The van der Waals surface area contributed by atoms with E-state index in [-0.39, 0.29) is 0 Å². The van der Waals surface area contributed by atoms with Gasteiger partial charge in [0, 0.05) is 0 Å². The number of piperidine rings is 1. The van der Waals surface area contributed by atoms with Crippen molar-refractivity contribution >= 4 is 0 Å². The van der Waals surface area contributed by atoms with Crippen molar-refractivity contribution in [3.05, 3.63) is 28.8 Å². The highest BCUT2D eigenvalue weighted by Crippen LogP contribution is 2.33. The van der Waals surface area contributed by atoms with Crippen LogP contribution in [-0.4, -0.2) is 18.2 Å². The maximum Gasteiger partial charge on any atom is 0.119 e. The Morgan fingerprint density at radius 2 is 2.06 bits per heavy atom. The Hall–Kier alpha value is -1.02. The largest absolute Gasteiger partial charge is 0.508 e. The summed E-state index contributed by atoms with van der Waals surface area (Å²) in [4.78, 5) is 0. The maximum atomic E-state index is 10.2. The zero-order valence-corrected chi connectivity index (χ0v) is 11.0. The smallest absolute Gasteiger partial charge is 0.119 e. The first-order valence-corrected chi connectivity index (χ1v) is 7.38. The number of aryl methyl sites for hydroxylation is 1. The molecule has 1 aliphatic carbocycles. The van der Waals surface area contributed by atoms with Gasteiger partial charge in [-0.1, -0.05) is 6.07 Å². The number of fused-ring (bicyclic) bond motifs is 1. The average Bonchev–Trinajstić information content (AvgIpc) is 2.43. The summed E-state index contributed by atoms with van der Waals surface area (Å²) in [6.07, 6.45) is 8.60. The highest BCUT2D eigenvalue weighted by molar-refractivity contribution is 5.45. The molecule has 0 spiro atoms. The van der Waals surface area contributed by atoms with Gasteiger partial charge in [-0.05, 0) is 86.7 Å². The summed E-state index contributed by atoms with van der Waals surface area (Å²) in [5, 5.41) is 13.6. The van der Waals surface area contributed by atoms with Crippen molar-refractivity contribution in [2.24, 2.45) is 5.92 Å². The normalized spacial score (nSPS) is 23.7. The van der Waals surface area contributed by atoms with E-state index >= 15 is 0 Å². The zero-order valence-electron chi connectivity index (χ0n) is 11.0. The first-order valence-electron chi connectivity index (χ1n) is 7.38. The quantitative estimate of drug-likeness (QED) is 0.839. The summed E-state index contributed by atoms with van der Waals surface area (Å²) in [7, 11) is 0. The van der Waals surface area contributed by atoms with Crippen molar-refractivity contribution in [2.45, 2.75) is 44.9 Å². The molecule has 1 saturated heterocycles. The summed E-state index contributed by atoms with van der Waals surface area (Å²) in [5.74, 6) is 1.24. The van der Waals surface area contributed by atoms with E-state index in [4.69, 9.17) is 0 Å². The van der Waals surface area contributed by atoms with E-state index in [9.17, 15) is 5.11 Å². The van der Waals surface area contributed by atoms with E-state index in [2.05, 4.69) is 11.4 Å². The lowest BCUT2D eigenvalue weighted by molar-refractivity contribution is 0.368. The van der Waals surface area contributed by atoms with E-state index < -0.39 is 0 Å². The molecule has 0 aromatic heterocycles. The van der Waals surface area contributed by atoms with E-state index in [1.165, 1.54) is 55.2 Å². The van der Waals surface area contributed by atoms with Crippen molar-refractivity contribution < 1.29 is 5.11 Å². The third kappa shape index (κ3) is 2.39. The van der Waals surface area contributed by atoms with E-state index in [0.29, 0.717) is 11.7 Å². The van der Waals surface area contributed by atoms with Gasteiger partial charge in [0.05, 0.1) is 0 Å². The van der Waals surface area contributed by atoms with Gasteiger partial charge in [0.2, 0.25) is 0 Å².